The molecule has 140 valence electrons. The van der Waals surface area contributed by atoms with Gasteiger partial charge in [0.2, 0.25) is 5.91 Å². The highest BCUT2D eigenvalue weighted by molar-refractivity contribution is 6.30. The summed E-state index contributed by atoms with van der Waals surface area (Å²) in [4.78, 5) is 16.0. The fourth-order valence-electron chi connectivity index (χ4n) is 7.04. The van der Waals surface area contributed by atoms with E-state index in [2.05, 4.69) is 17.0 Å². The van der Waals surface area contributed by atoms with E-state index in [4.69, 9.17) is 11.6 Å². The van der Waals surface area contributed by atoms with Crippen molar-refractivity contribution in [2.45, 2.75) is 63.7 Å². The third-order valence-corrected chi connectivity index (χ3v) is 8.04. The number of rotatable bonds is 2. The maximum absolute atomic E-state index is 13.7. The lowest BCUT2D eigenvalue weighted by molar-refractivity contribution is -0.157. The predicted octanol–water partition coefficient (Wildman–Crippen LogP) is 5.65. The second kappa shape index (κ2) is 6.55. The summed E-state index contributed by atoms with van der Waals surface area (Å²) in [5, 5.41) is 0.795. The van der Waals surface area contributed by atoms with E-state index in [1.54, 1.807) is 0 Å². The van der Waals surface area contributed by atoms with Crippen molar-refractivity contribution in [2.75, 3.05) is 13.1 Å². The maximum Gasteiger partial charge on any atom is 0.228 e. The minimum atomic E-state index is 0.00361. The number of hydrogen-bond donors (Lipinski definition) is 0. The summed E-state index contributed by atoms with van der Waals surface area (Å²) in [6.07, 6.45) is 11.3. The average molecular weight is 372 g/mol. The minimum absolute atomic E-state index is 0.00361. The molecule has 0 spiro atoms. The fourth-order valence-corrected chi connectivity index (χ4v) is 7.17. The first-order valence-corrected chi connectivity index (χ1v) is 11.0. The zero-order chi connectivity index (χ0) is 17.7. The molecule has 1 amide bonds. The van der Waals surface area contributed by atoms with E-state index < -0.39 is 0 Å². The number of carbonyl (C=O) groups is 1. The molecule has 1 unspecified atom stereocenters. The largest absolute Gasteiger partial charge is 0.342 e. The van der Waals surface area contributed by atoms with Gasteiger partial charge in [-0.1, -0.05) is 30.2 Å². The lowest BCUT2D eigenvalue weighted by Crippen LogP contribution is -2.55. The molecule has 1 heterocycles. The van der Waals surface area contributed by atoms with Crippen molar-refractivity contribution in [3.05, 3.63) is 34.9 Å². The van der Waals surface area contributed by atoms with Crippen molar-refractivity contribution in [1.29, 1.82) is 0 Å². The van der Waals surface area contributed by atoms with Crippen LogP contribution in [-0.2, 0) is 4.79 Å². The van der Waals surface area contributed by atoms with Crippen LogP contribution in [0.25, 0.3) is 0 Å². The van der Waals surface area contributed by atoms with Crippen molar-refractivity contribution in [2.24, 2.45) is 23.2 Å². The number of hydrogen-bond acceptors (Lipinski definition) is 1. The second-order valence-electron chi connectivity index (χ2n) is 9.69. The summed E-state index contributed by atoms with van der Waals surface area (Å²) < 4.78 is 0. The first-order chi connectivity index (χ1) is 12.6. The second-order valence-corrected chi connectivity index (χ2v) is 10.1. The summed E-state index contributed by atoms with van der Waals surface area (Å²) in [6, 6.07) is 8.30. The van der Waals surface area contributed by atoms with Crippen LogP contribution in [0.1, 0.15) is 69.3 Å². The van der Waals surface area contributed by atoms with Gasteiger partial charge in [-0.15, -0.1) is 0 Å². The molecule has 1 aromatic carbocycles. The Labute approximate surface area is 162 Å². The number of nitrogens with zero attached hydrogens (tertiary/aromatic N) is 1. The first kappa shape index (κ1) is 17.1. The van der Waals surface area contributed by atoms with Crippen LogP contribution in [0.15, 0.2) is 24.3 Å². The van der Waals surface area contributed by atoms with Gasteiger partial charge in [-0.05, 0) is 86.8 Å². The van der Waals surface area contributed by atoms with Crippen LogP contribution in [0.5, 0.6) is 0 Å². The topological polar surface area (TPSA) is 20.3 Å². The third kappa shape index (κ3) is 2.99. The van der Waals surface area contributed by atoms with Crippen LogP contribution < -0.4 is 0 Å². The Morgan fingerprint density at radius 2 is 1.58 bits per heavy atom. The van der Waals surface area contributed by atoms with E-state index in [1.807, 2.05) is 12.1 Å². The number of benzene rings is 1. The molecule has 0 aromatic heterocycles. The maximum atomic E-state index is 13.7. The van der Waals surface area contributed by atoms with Crippen LogP contribution >= 0.6 is 11.6 Å². The van der Waals surface area contributed by atoms with Crippen LogP contribution in [0.2, 0.25) is 5.02 Å². The van der Waals surface area contributed by atoms with Gasteiger partial charge >= 0.3 is 0 Å². The van der Waals surface area contributed by atoms with E-state index >= 15 is 0 Å². The summed E-state index contributed by atoms with van der Waals surface area (Å²) in [6.45, 7) is 1.87. The number of carbonyl (C=O) groups excluding carboxylic acids is 1. The van der Waals surface area contributed by atoms with Crippen molar-refractivity contribution in [3.8, 4) is 0 Å². The molecule has 1 atom stereocenters. The van der Waals surface area contributed by atoms with E-state index in [0.717, 1.165) is 42.3 Å². The van der Waals surface area contributed by atoms with Gasteiger partial charge in [-0.2, -0.15) is 0 Å². The van der Waals surface area contributed by atoms with Crippen molar-refractivity contribution >= 4 is 17.5 Å². The standard InChI is InChI=1S/C23H30ClNO/c24-21-6-4-19(5-7-21)20-3-1-2-8-25(15-20)22(26)23-12-16-9-17(13-23)11-18(10-16)14-23/h4-7,16-18,20H,1-3,8-15H2. The third-order valence-electron chi connectivity index (χ3n) is 7.79. The molecule has 1 aromatic rings. The summed E-state index contributed by atoms with van der Waals surface area (Å²) in [5.74, 6) is 3.49. The van der Waals surface area contributed by atoms with Gasteiger partial charge in [0.15, 0.2) is 0 Å². The van der Waals surface area contributed by atoms with Gasteiger partial charge in [0.05, 0.1) is 5.41 Å². The zero-order valence-corrected chi connectivity index (χ0v) is 16.4. The molecular weight excluding hydrogens is 342 g/mol. The van der Waals surface area contributed by atoms with Crippen LogP contribution in [0, 0.1) is 23.2 Å². The Kier molecular flexibility index (Phi) is 4.31. The molecule has 0 radical (unpaired) electrons. The van der Waals surface area contributed by atoms with E-state index in [1.165, 1.54) is 56.9 Å². The molecule has 0 N–H and O–H groups in total. The lowest BCUT2D eigenvalue weighted by Gasteiger charge is -2.56. The highest BCUT2D eigenvalue weighted by Crippen LogP contribution is 2.60. The van der Waals surface area contributed by atoms with Crippen LogP contribution in [-0.4, -0.2) is 23.9 Å². The Morgan fingerprint density at radius 1 is 0.962 bits per heavy atom. The molecule has 4 aliphatic carbocycles. The molecule has 6 rings (SSSR count). The normalized spacial score (nSPS) is 39.0. The summed E-state index contributed by atoms with van der Waals surface area (Å²) in [7, 11) is 0. The molecule has 1 aliphatic heterocycles. The smallest absolute Gasteiger partial charge is 0.228 e. The molecule has 4 bridgehead atoms. The Balaban J connectivity index is 1.36. The van der Waals surface area contributed by atoms with Crippen molar-refractivity contribution < 1.29 is 4.79 Å². The number of amides is 1. The van der Waals surface area contributed by atoms with Crippen LogP contribution in [0.4, 0.5) is 0 Å². The molecule has 3 heteroatoms. The highest BCUT2D eigenvalue weighted by atomic mass is 35.5. The monoisotopic (exact) mass is 371 g/mol. The molecular formula is C23H30ClNO. The highest BCUT2D eigenvalue weighted by Gasteiger charge is 2.55. The van der Waals surface area contributed by atoms with E-state index in [0.29, 0.717) is 11.8 Å². The predicted molar refractivity (Wildman–Crippen MR) is 105 cm³/mol. The molecule has 1 saturated heterocycles. The first-order valence-electron chi connectivity index (χ1n) is 10.7. The molecule has 26 heavy (non-hydrogen) atoms. The Bertz CT molecular complexity index is 647. The van der Waals surface area contributed by atoms with E-state index in [9.17, 15) is 4.79 Å². The SMILES string of the molecule is O=C(N1CCCCC(c2ccc(Cl)cc2)C1)C12CC3CC(CC(C3)C1)C2. The van der Waals surface area contributed by atoms with Gasteiger partial charge in [0.1, 0.15) is 0 Å². The van der Waals surface area contributed by atoms with Gasteiger partial charge in [0, 0.05) is 24.0 Å². The van der Waals surface area contributed by atoms with Crippen molar-refractivity contribution in [3.63, 3.8) is 0 Å². The number of halogens is 1. The number of likely N-dealkylation sites (tertiary alicyclic amines) is 1. The fraction of sp³-hybridized carbons (Fsp3) is 0.696. The van der Waals surface area contributed by atoms with Gasteiger partial charge in [0.25, 0.3) is 0 Å². The van der Waals surface area contributed by atoms with Gasteiger partial charge in [-0.3, -0.25) is 4.79 Å². The molecule has 4 saturated carbocycles. The Hall–Kier alpha value is -1.02. The molecule has 5 fully saturated rings. The zero-order valence-electron chi connectivity index (χ0n) is 15.6. The van der Waals surface area contributed by atoms with Crippen LogP contribution in [0.3, 0.4) is 0 Å². The molecule has 5 aliphatic rings. The van der Waals surface area contributed by atoms with E-state index in [-0.39, 0.29) is 5.41 Å². The minimum Gasteiger partial charge on any atom is -0.342 e. The summed E-state index contributed by atoms with van der Waals surface area (Å²) >= 11 is 6.07. The van der Waals surface area contributed by atoms with Gasteiger partial charge < -0.3 is 4.90 Å². The quantitative estimate of drug-likeness (QED) is 0.657. The molecule has 2 nitrogen and oxygen atoms in total. The van der Waals surface area contributed by atoms with Crippen molar-refractivity contribution in [1.82, 2.24) is 4.90 Å². The average Bonchev–Trinajstić information content (AvgIpc) is 2.87. The van der Waals surface area contributed by atoms with Gasteiger partial charge in [-0.25, -0.2) is 0 Å². The Morgan fingerprint density at radius 3 is 2.19 bits per heavy atom. The summed E-state index contributed by atoms with van der Waals surface area (Å²) in [5.41, 5.74) is 1.35. The lowest BCUT2D eigenvalue weighted by atomic mass is 9.49.